The highest BCUT2D eigenvalue weighted by molar-refractivity contribution is 6.03. The van der Waals surface area contributed by atoms with Gasteiger partial charge in [0.2, 0.25) is 5.91 Å². The average molecular weight is 339 g/mol. The molecule has 2 aromatic rings. The molecule has 25 heavy (non-hydrogen) atoms. The number of aryl methyl sites for hydroxylation is 1. The van der Waals surface area contributed by atoms with Crippen LogP contribution in [0.4, 0.5) is 11.5 Å². The summed E-state index contributed by atoms with van der Waals surface area (Å²) in [5, 5.41) is 2.84. The molecule has 130 valence electrons. The smallest absolute Gasteiger partial charge is 0.274 e. The third kappa shape index (κ3) is 4.12. The summed E-state index contributed by atoms with van der Waals surface area (Å²) in [6.07, 6.45) is 1.40. The van der Waals surface area contributed by atoms with Crippen LogP contribution in [0.1, 0.15) is 23.0 Å². The zero-order chi connectivity index (χ0) is 17.8. The molecular formula is C18H21N5O2. The van der Waals surface area contributed by atoms with Gasteiger partial charge in [-0.3, -0.25) is 9.59 Å². The van der Waals surface area contributed by atoms with Gasteiger partial charge in [-0.25, -0.2) is 9.97 Å². The fraction of sp³-hybridized carbons (Fsp3) is 0.333. The Hall–Kier alpha value is -2.96. The van der Waals surface area contributed by atoms with Crippen molar-refractivity contribution in [3.63, 3.8) is 0 Å². The fourth-order valence-corrected chi connectivity index (χ4v) is 2.73. The Bertz CT molecular complexity index is 767. The summed E-state index contributed by atoms with van der Waals surface area (Å²) in [7, 11) is 0. The zero-order valence-electron chi connectivity index (χ0n) is 14.4. The number of rotatable bonds is 3. The molecule has 2 heterocycles. The molecule has 7 nitrogen and oxygen atoms in total. The highest BCUT2D eigenvalue weighted by Crippen LogP contribution is 2.15. The van der Waals surface area contributed by atoms with E-state index in [1.807, 2.05) is 36.1 Å². The number of hydrogen-bond donors (Lipinski definition) is 1. The van der Waals surface area contributed by atoms with Gasteiger partial charge in [-0.2, -0.15) is 0 Å². The van der Waals surface area contributed by atoms with Crippen LogP contribution < -0.4 is 10.2 Å². The van der Waals surface area contributed by atoms with E-state index in [1.165, 1.54) is 6.33 Å². The van der Waals surface area contributed by atoms with Crippen molar-refractivity contribution < 1.29 is 9.59 Å². The Morgan fingerprint density at radius 3 is 2.36 bits per heavy atom. The first-order valence-corrected chi connectivity index (χ1v) is 8.23. The number of amides is 2. The van der Waals surface area contributed by atoms with Gasteiger partial charge in [0.15, 0.2) is 0 Å². The molecule has 0 aliphatic carbocycles. The number of nitrogens with zero attached hydrogens (tertiary/aromatic N) is 4. The van der Waals surface area contributed by atoms with Gasteiger partial charge in [0, 0.05) is 44.9 Å². The van der Waals surface area contributed by atoms with Gasteiger partial charge in [0.25, 0.3) is 5.91 Å². The van der Waals surface area contributed by atoms with E-state index in [4.69, 9.17) is 0 Å². The number of piperazine rings is 1. The highest BCUT2D eigenvalue weighted by Gasteiger charge is 2.20. The van der Waals surface area contributed by atoms with E-state index < -0.39 is 0 Å². The monoisotopic (exact) mass is 339 g/mol. The maximum Gasteiger partial charge on any atom is 0.274 e. The van der Waals surface area contributed by atoms with Gasteiger partial charge in [-0.05, 0) is 19.1 Å². The molecule has 1 N–H and O–H groups in total. The predicted octanol–water partition coefficient (Wildman–Crippen LogP) is 1.71. The quantitative estimate of drug-likeness (QED) is 0.921. The maximum atomic E-state index is 12.4. The molecule has 0 spiro atoms. The normalized spacial score (nSPS) is 14.3. The van der Waals surface area contributed by atoms with Crippen molar-refractivity contribution in [2.75, 3.05) is 36.4 Å². The molecule has 0 unspecified atom stereocenters. The highest BCUT2D eigenvalue weighted by atomic mass is 16.2. The SMILES string of the molecule is CC(=O)N1CCN(c2cc(C(=O)Nc3ccc(C)cc3)ncn2)CC1. The molecule has 0 saturated carbocycles. The molecule has 2 amide bonds. The summed E-state index contributed by atoms with van der Waals surface area (Å²) in [6, 6.07) is 9.28. The van der Waals surface area contributed by atoms with Crippen LogP contribution in [0.15, 0.2) is 36.7 Å². The molecule has 3 rings (SSSR count). The van der Waals surface area contributed by atoms with Crippen LogP contribution >= 0.6 is 0 Å². The first kappa shape index (κ1) is 16.9. The van der Waals surface area contributed by atoms with E-state index in [2.05, 4.69) is 20.2 Å². The Labute approximate surface area is 146 Å². The van der Waals surface area contributed by atoms with Crippen molar-refractivity contribution in [3.05, 3.63) is 47.9 Å². The lowest BCUT2D eigenvalue weighted by Gasteiger charge is -2.34. The second-order valence-electron chi connectivity index (χ2n) is 6.07. The summed E-state index contributed by atoms with van der Waals surface area (Å²) >= 11 is 0. The van der Waals surface area contributed by atoms with Crippen molar-refractivity contribution in [1.29, 1.82) is 0 Å². The third-order valence-corrected chi connectivity index (χ3v) is 4.24. The summed E-state index contributed by atoms with van der Waals surface area (Å²) in [5.41, 5.74) is 2.18. The van der Waals surface area contributed by atoms with Crippen molar-refractivity contribution in [2.24, 2.45) is 0 Å². The van der Waals surface area contributed by atoms with E-state index in [1.54, 1.807) is 13.0 Å². The molecule has 1 fully saturated rings. The van der Waals surface area contributed by atoms with E-state index in [-0.39, 0.29) is 11.8 Å². The summed E-state index contributed by atoms with van der Waals surface area (Å²) in [5.74, 6) is 0.516. The largest absolute Gasteiger partial charge is 0.353 e. The molecule has 1 saturated heterocycles. The first-order chi connectivity index (χ1) is 12.0. The minimum atomic E-state index is -0.269. The van der Waals surface area contributed by atoms with Crippen LogP contribution in [0.5, 0.6) is 0 Å². The number of benzene rings is 1. The van der Waals surface area contributed by atoms with Crippen LogP contribution in [0.2, 0.25) is 0 Å². The van der Waals surface area contributed by atoms with Gasteiger partial charge in [-0.1, -0.05) is 17.7 Å². The molecule has 1 aromatic heterocycles. The number of anilines is 2. The van der Waals surface area contributed by atoms with Crippen LogP contribution in [0.25, 0.3) is 0 Å². The lowest BCUT2D eigenvalue weighted by molar-refractivity contribution is -0.129. The maximum absolute atomic E-state index is 12.4. The zero-order valence-corrected chi connectivity index (χ0v) is 14.4. The van der Waals surface area contributed by atoms with Crippen molar-refractivity contribution in [2.45, 2.75) is 13.8 Å². The minimum absolute atomic E-state index is 0.0838. The van der Waals surface area contributed by atoms with E-state index >= 15 is 0 Å². The molecule has 0 bridgehead atoms. The van der Waals surface area contributed by atoms with Gasteiger partial charge in [0.1, 0.15) is 17.8 Å². The number of hydrogen-bond acceptors (Lipinski definition) is 5. The summed E-state index contributed by atoms with van der Waals surface area (Å²) in [6.45, 7) is 6.27. The first-order valence-electron chi connectivity index (χ1n) is 8.23. The van der Waals surface area contributed by atoms with Gasteiger partial charge in [0.05, 0.1) is 0 Å². The predicted molar refractivity (Wildman–Crippen MR) is 95.6 cm³/mol. The number of carbonyl (C=O) groups excluding carboxylic acids is 2. The summed E-state index contributed by atoms with van der Waals surface area (Å²) in [4.78, 5) is 36.0. The lowest BCUT2D eigenvalue weighted by atomic mass is 10.2. The van der Waals surface area contributed by atoms with E-state index in [0.717, 1.165) is 11.3 Å². The van der Waals surface area contributed by atoms with E-state index in [9.17, 15) is 9.59 Å². The Morgan fingerprint density at radius 1 is 1.04 bits per heavy atom. The topological polar surface area (TPSA) is 78.4 Å². The standard InChI is InChI=1S/C18H21N5O2/c1-13-3-5-15(6-4-13)21-18(25)16-11-17(20-12-19-16)23-9-7-22(8-10-23)14(2)24/h3-6,11-12H,7-10H2,1-2H3,(H,21,25). The van der Waals surface area contributed by atoms with Gasteiger partial charge >= 0.3 is 0 Å². The molecule has 1 aliphatic rings. The molecule has 1 aliphatic heterocycles. The Morgan fingerprint density at radius 2 is 1.72 bits per heavy atom. The van der Waals surface area contributed by atoms with Crippen LogP contribution in [0, 0.1) is 6.92 Å². The van der Waals surface area contributed by atoms with Crippen molar-refractivity contribution >= 4 is 23.3 Å². The molecule has 0 radical (unpaired) electrons. The summed E-state index contributed by atoms with van der Waals surface area (Å²) < 4.78 is 0. The number of aromatic nitrogens is 2. The minimum Gasteiger partial charge on any atom is -0.353 e. The Balaban J connectivity index is 1.68. The molecule has 7 heteroatoms. The molecule has 0 atom stereocenters. The van der Waals surface area contributed by atoms with Crippen molar-refractivity contribution in [3.8, 4) is 0 Å². The van der Waals surface area contributed by atoms with Crippen molar-refractivity contribution in [1.82, 2.24) is 14.9 Å². The second-order valence-corrected chi connectivity index (χ2v) is 6.07. The fourth-order valence-electron chi connectivity index (χ4n) is 2.73. The third-order valence-electron chi connectivity index (χ3n) is 4.24. The van der Waals surface area contributed by atoms with Gasteiger partial charge in [-0.15, -0.1) is 0 Å². The van der Waals surface area contributed by atoms with Crippen LogP contribution in [0.3, 0.4) is 0 Å². The number of carbonyl (C=O) groups is 2. The lowest BCUT2D eigenvalue weighted by Crippen LogP contribution is -2.48. The Kier molecular flexibility index (Phi) is 4.92. The van der Waals surface area contributed by atoms with Crippen LogP contribution in [-0.4, -0.2) is 52.9 Å². The van der Waals surface area contributed by atoms with Gasteiger partial charge < -0.3 is 15.1 Å². The molecular weight excluding hydrogens is 318 g/mol. The van der Waals surface area contributed by atoms with E-state index in [0.29, 0.717) is 37.7 Å². The number of nitrogens with one attached hydrogen (secondary N) is 1. The second kappa shape index (κ2) is 7.29. The average Bonchev–Trinajstić information content (AvgIpc) is 2.64. The van der Waals surface area contributed by atoms with Crippen LogP contribution in [-0.2, 0) is 4.79 Å². The molecule has 1 aromatic carbocycles.